The Bertz CT molecular complexity index is 1020. The molecule has 3 aromatic rings. The van der Waals surface area contributed by atoms with E-state index >= 15 is 0 Å². The van der Waals surface area contributed by atoms with Crippen LogP contribution < -0.4 is 10.6 Å². The highest BCUT2D eigenvalue weighted by Crippen LogP contribution is 2.34. The zero-order chi connectivity index (χ0) is 19.6. The number of rotatable bonds is 5. The molecule has 0 aliphatic carbocycles. The maximum Gasteiger partial charge on any atom is 0.353 e. The minimum absolute atomic E-state index is 0.148. The molecule has 3 rings (SSSR count). The van der Waals surface area contributed by atoms with Crippen molar-refractivity contribution in [2.75, 3.05) is 10.6 Å². The van der Waals surface area contributed by atoms with E-state index in [-0.39, 0.29) is 17.3 Å². The largest absolute Gasteiger partial charge is 0.353 e. The highest BCUT2D eigenvalue weighted by molar-refractivity contribution is 5.78. The first kappa shape index (κ1) is 18.3. The molecule has 0 saturated heterocycles. The number of nitro groups is 1. The van der Waals surface area contributed by atoms with Gasteiger partial charge in [0, 0.05) is 11.4 Å². The van der Waals surface area contributed by atoms with Gasteiger partial charge in [-0.1, -0.05) is 29.8 Å². The Morgan fingerprint density at radius 1 is 0.815 bits per heavy atom. The molecule has 0 aliphatic heterocycles. The molecule has 0 amide bonds. The highest BCUT2D eigenvalue weighted by Gasteiger charge is 2.24. The van der Waals surface area contributed by atoms with Gasteiger partial charge in [0.25, 0.3) is 0 Å². The first-order valence-corrected chi connectivity index (χ1v) is 8.53. The Balaban J connectivity index is 2.02. The van der Waals surface area contributed by atoms with Gasteiger partial charge in [-0.25, -0.2) is 9.97 Å². The molecule has 0 unspecified atom stereocenters. The Hall–Kier alpha value is -3.48. The van der Waals surface area contributed by atoms with Gasteiger partial charge in [-0.2, -0.15) is 0 Å². The maximum atomic E-state index is 11.8. The molecule has 7 nitrogen and oxygen atoms in total. The minimum Gasteiger partial charge on any atom is -0.334 e. The predicted octanol–water partition coefficient (Wildman–Crippen LogP) is 5.11. The van der Waals surface area contributed by atoms with Crippen molar-refractivity contribution in [3.63, 3.8) is 0 Å². The van der Waals surface area contributed by atoms with Crippen molar-refractivity contribution in [2.45, 2.75) is 27.7 Å². The molecule has 27 heavy (non-hydrogen) atoms. The lowest BCUT2D eigenvalue weighted by molar-refractivity contribution is -0.383. The third-order valence-corrected chi connectivity index (χ3v) is 4.29. The van der Waals surface area contributed by atoms with Gasteiger partial charge >= 0.3 is 5.69 Å². The van der Waals surface area contributed by atoms with Crippen LogP contribution in [0.15, 0.2) is 42.7 Å². The number of benzene rings is 2. The van der Waals surface area contributed by atoms with Crippen LogP contribution in [0.25, 0.3) is 0 Å². The van der Waals surface area contributed by atoms with Crippen LogP contribution in [0.3, 0.4) is 0 Å². The Morgan fingerprint density at radius 3 is 2.04 bits per heavy atom. The quantitative estimate of drug-likeness (QED) is 0.483. The number of aryl methyl sites for hydroxylation is 4. The van der Waals surface area contributed by atoms with E-state index in [4.69, 9.17) is 0 Å². The Labute approximate surface area is 157 Å². The third-order valence-electron chi connectivity index (χ3n) is 4.29. The monoisotopic (exact) mass is 363 g/mol. The fraction of sp³-hybridized carbons (Fsp3) is 0.200. The highest BCUT2D eigenvalue weighted by atomic mass is 16.6. The van der Waals surface area contributed by atoms with Crippen molar-refractivity contribution in [1.82, 2.24) is 9.97 Å². The molecule has 0 atom stereocenters. The SMILES string of the molecule is Cc1ccc(Nc2ncnc(Nc3cc(C)ccc3C)c2[N+](=O)[O-])c(C)c1. The van der Waals surface area contributed by atoms with Crippen LogP contribution >= 0.6 is 0 Å². The second kappa shape index (κ2) is 7.41. The fourth-order valence-electron chi connectivity index (χ4n) is 2.81. The van der Waals surface area contributed by atoms with Crippen molar-refractivity contribution in [2.24, 2.45) is 0 Å². The van der Waals surface area contributed by atoms with Gasteiger partial charge in [-0.3, -0.25) is 10.1 Å². The van der Waals surface area contributed by atoms with E-state index in [1.54, 1.807) is 0 Å². The summed E-state index contributed by atoms with van der Waals surface area (Å²) in [7, 11) is 0. The van der Waals surface area contributed by atoms with Gasteiger partial charge in [-0.15, -0.1) is 0 Å². The summed E-state index contributed by atoms with van der Waals surface area (Å²) in [6.07, 6.45) is 1.31. The van der Waals surface area contributed by atoms with E-state index in [1.807, 2.05) is 64.1 Å². The maximum absolute atomic E-state index is 11.8. The second-order valence-electron chi connectivity index (χ2n) is 6.56. The zero-order valence-corrected chi connectivity index (χ0v) is 15.7. The van der Waals surface area contributed by atoms with E-state index in [9.17, 15) is 10.1 Å². The van der Waals surface area contributed by atoms with Crippen molar-refractivity contribution >= 4 is 28.7 Å². The smallest absolute Gasteiger partial charge is 0.334 e. The van der Waals surface area contributed by atoms with Crippen LogP contribution in [0.2, 0.25) is 0 Å². The number of hydrogen-bond acceptors (Lipinski definition) is 6. The zero-order valence-electron chi connectivity index (χ0n) is 15.7. The molecule has 1 aromatic heterocycles. The molecule has 7 heteroatoms. The van der Waals surface area contributed by atoms with Crippen LogP contribution in [-0.4, -0.2) is 14.9 Å². The van der Waals surface area contributed by atoms with Crippen molar-refractivity contribution in [3.05, 3.63) is 75.1 Å². The van der Waals surface area contributed by atoms with Crippen molar-refractivity contribution in [3.8, 4) is 0 Å². The summed E-state index contributed by atoms with van der Waals surface area (Å²) in [5, 5.41) is 17.9. The van der Waals surface area contributed by atoms with Gasteiger partial charge < -0.3 is 10.6 Å². The van der Waals surface area contributed by atoms with Gasteiger partial charge in [0.15, 0.2) is 0 Å². The number of aromatic nitrogens is 2. The van der Waals surface area contributed by atoms with E-state index in [2.05, 4.69) is 20.6 Å². The van der Waals surface area contributed by atoms with E-state index in [0.717, 1.165) is 33.6 Å². The standard InChI is InChI=1S/C20H21N5O2/c1-12-6-8-16(15(4)9-12)23-19-18(25(26)27)20(22-11-21-19)24-17-10-13(2)5-7-14(17)3/h5-11H,1-4H3,(H2,21,22,23,24). The normalized spacial score (nSPS) is 10.5. The molecule has 0 saturated carbocycles. The summed E-state index contributed by atoms with van der Waals surface area (Å²) in [5.74, 6) is 0.297. The van der Waals surface area contributed by atoms with Crippen LogP contribution in [-0.2, 0) is 0 Å². The Morgan fingerprint density at radius 2 is 1.41 bits per heavy atom. The summed E-state index contributed by atoms with van der Waals surface area (Å²) < 4.78 is 0. The molecule has 138 valence electrons. The molecule has 1 heterocycles. The van der Waals surface area contributed by atoms with Gasteiger partial charge in [-0.05, 0) is 56.5 Å². The fourth-order valence-corrected chi connectivity index (χ4v) is 2.81. The molecular weight excluding hydrogens is 342 g/mol. The first-order valence-electron chi connectivity index (χ1n) is 8.53. The lowest BCUT2D eigenvalue weighted by atomic mass is 10.1. The van der Waals surface area contributed by atoms with Crippen LogP contribution in [0, 0.1) is 37.8 Å². The Kier molecular flexibility index (Phi) is 5.03. The van der Waals surface area contributed by atoms with Gasteiger partial charge in [0.1, 0.15) is 6.33 Å². The van der Waals surface area contributed by atoms with Crippen molar-refractivity contribution in [1.29, 1.82) is 0 Å². The number of hydrogen-bond donors (Lipinski definition) is 2. The van der Waals surface area contributed by atoms with Crippen LogP contribution in [0.1, 0.15) is 22.3 Å². The first-order chi connectivity index (χ1) is 12.8. The molecule has 0 radical (unpaired) electrons. The summed E-state index contributed by atoms with van der Waals surface area (Å²) in [6, 6.07) is 11.7. The number of nitrogens with one attached hydrogen (secondary N) is 2. The summed E-state index contributed by atoms with van der Waals surface area (Å²) in [6.45, 7) is 7.84. The topological polar surface area (TPSA) is 93.0 Å². The summed E-state index contributed by atoms with van der Waals surface area (Å²) in [5.41, 5.74) is 5.46. The molecule has 0 aliphatic rings. The summed E-state index contributed by atoms with van der Waals surface area (Å²) in [4.78, 5) is 19.5. The lowest BCUT2D eigenvalue weighted by Gasteiger charge is -2.13. The number of anilines is 4. The third kappa shape index (κ3) is 4.03. The molecule has 2 N–H and O–H groups in total. The number of nitrogens with zero attached hydrogens (tertiary/aromatic N) is 3. The molecule has 0 fully saturated rings. The predicted molar refractivity (Wildman–Crippen MR) is 107 cm³/mol. The van der Waals surface area contributed by atoms with Gasteiger partial charge in [0.2, 0.25) is 11.6 Å². The van der Waals surface area contributed by atoms with Crippen LogP contribution in [0.5, 0.6) is 0 Å². The summed E-state index contributed by atoms with van der Waals surface area (Å²) >= 11 is 0. The molecule has 2 aromatic carbocycles. The van der Waals surface area contributed by atoms with Crippen molar-refractivity contribution < 1.29 is 4.92 Å². The average Bonchev–Trinajstić information content (AvgIpc) is 2.60. The average molecular weight is 363 g/mol. The van der Waals surface area contributed by atoms with E-state index in [0.29, 0.717) is 0 Å². The second-order valence-corrected chi connectivity index (χ2v) is 6.56. The molecular formula is C20H21N5O2. The van der Waals surface area contributed by atoms with E-state index in [1.165, 1.54) is 6.33 Å². The molecule has 0 bridgehead atoms. The lowest BCUT2D eigenvalue weighted by Crippen LogP contribution is -2.06. The van der Waals surface area contributed by atoms with E-state index < -0.39 is 4.92 Å². The van der Waals surface area contributed by atoms with Gasteiger partial charge in [0.05, 0.1) is 4.92 Å². The van der Waals surface area contributed by atoms with Crippen LogP contribution in [0.4, 0.5) is 28.7 Å². The minimum atomic E-state index is -0.473. The molecule has 0 spiro atoms.